The zero-order chi connectivity index (χ0) is 24.1. The van der Waals surface area contributed by atoms with Gasteiger partial charge in [0.2, 0.25) is 0 Å². The Morgan fingerprint density at radius 3 is 2.58 bits per heavy atom. The molecular weight excluding hydrogens is 439 g/mol. The number of hydrogen-bond donors (Lipinski definition) is 0. The van der Waals surface area contributed by atoms with Gasteiger partial charge in [0, 0.05) is 17.6 Å². The molecule has 0 amide bonds. The molecule has 3 heterocycles. The first-order valence-electron chi connectivity index (χ1n) is 10.5. The molecule has 4 rings (SSSR count). The van der Waals surface area contributed by atoms with Crippen molar-refractivity contribution in [3.8, 4) is 17.1 Å². The van der Waals surface area contributed by atoms with Gasteiger partial charge in [0.1, 0.15) is 17.9 Å². The number of pyridine rings is 1. The minimum absolute atomic E-state index is 0.0995. The lowest BCUT2D eigenvalue weighted by molar-refractivity contribution is -0.325. The first-order chi connectivity index (χ1) is 15.4. The monoisotopic (exact) mass is 463 g/mol. The summed E-state index contributed by atoms with van der Waals surface area (Å²) in [4.78, 5) is 24.7. The van der Waals surface area contributed by atoms with Crippen LogP contribution in [0.25, 0.3) is 22.3 Å². The van der Waals surface area contributed by atoms with Crippen molar-refractivity contribution in [2.45, 2.75) is 46.6 Å². The number of alkyl halides is 3. The molecule has 10 heteroatoms. The number of rotatable bonds is 5. The van der Waals surface area contributed by atoms with Crippen LogP contribution in [-0.2, 0) is 11.3 Å². The molecule has 1 aliphatic rings. The van der Waals surface area contributed by atoms with E-state index in [1.165, 1.54) is 13.0 Å². The molecule has 0 spiro atoms. The molecule has 1 aromatic carbocycles. The standard InChI is InChI=1S/C23H24F3N3O4/c1-13(30)15-11-28-16(10-17(15)31)21-14-6-5-7-18(32-8-9-33-23(24,25)26)20(14)27-29(21)12-19(28)22(2,3)4/h5-7,10-11,19H,8-9,12H2,1-4H3. The van der Waals surface area contributed by atoms with E-state index in [2.05, 4.69) is 30.6 Å². The maximum atomic E-state index is 12.7. The lowest BCUT2D eigenvalue weighted by Crippen LogP contribution is -2.35. The van der Waals surface area contributed by atoms with Gasteiger partial charge in [0.05, 0.1) is 36.1 Å². The largest absolute Gasteiger partial charge is 0.522 e. The third-order valence-electron chi connectivity index (χ3n) is 5.72. The highest BCUT2D eigenvalue weighted by molar-refractivity contribution is 5.97. The Kier molecular flexibility index (Phi) is 5.60. The Balaban J connectivity index is 1.82. The van der Waals surface area contributed by atoms with Crippen LogP contribution >= 0.6 is 0 Å². The van der Waals surface area contributed by atoms with Crippen LogP contribution in [0.3, 0.4) is 0 Å². The molecule has 0 aliphatic carbocycles. The lowest BCUT2D eigenvalue weighted by Gasteiger charge is -2.38. The summed E-state index contributed by atoms with van der Waals surface area (Å²) in [6.07, 6.45) is -3.10. The van der Waals surface area contributed by atoms with E-state index < -0.39 is 13.0 Å². The van der Waals surface area contributed by atoms with Gasteiger partial charge in [-0.05, 0) is 18.4 Å². The van der Waals surface area contributed by atoms with Crippen molar-refractivity contribution in [2.75, 3.05) is 13.2 Å². The van der Waals surface area contributed by atoms with E-state index in [-0.39, 0.29) is 34.8 Å². The fourth-order valence-corrected chi connectivity index (χ4v) is 4.16. The average molecular weight is 463 g/mol. The molecule has 3 aromatic rings. The van der Waals surface area contributed by atoms with Crippen LogP contribution in [0.2, 0.25) is 0 Å². The number of halogens is 3. The van der Waals surface area contributed by atoms with Crippen LogP contribution < -0.4 is 10.2 Å². The van der Waals surface area contributed by atoms with Crippen LogP contribution in [0.5, 0.6) is 5.75 Å². The second-order valence-corrected chi connectivity index (χ2v) is 9.11. The highest BCUT2D eigenvalue weighted by Gasteiger charge is 2.35. The van der Waals surface area contributed by atoms with Crippen molar-refractivity contribution >= 4 is 16.7 Å². The molecule has 0 saturated carbocycles. The zero-order valence-electron chi connectivity index (χ0n) is 18.7. The van der Waals surface area contributed by atoms with Crippen molar-refractivity contribution < 1.29 is 27.4 Å². The van der Waals surface area contributed by atoms with Gasteiger partial charge >= 0.3 is 6.36 Å². The molecule has 1 aliphatic heterocycles. The van der Waals surface area contributed by atoms with Gasteiger partial charge in [0.15, 0.2) is 11.2 Å². The van der Waals surface area contributed by atoms with Gasteiger partial charge < -0.3 is 9.30 Å². The van der Waals surface area contributed by atoms with E-state index in [0.29, 0.717) is 34.6 Å². The molecule has 0 bridgehead atoms. The topological polar surface area (TPSA) is 75.3 Å². The fourth-order valence-electron chi connectivity index (χ4n) is 4.16. The predicted molar refractivity (Wildman–Crippen MR) is 115 cm³/mol. The Morgan fingerprint density at radius 1 is 1.21 bits per heavy atom. The molecule has 1 atom stereocenters. The average Bonchev–Trinajstić information content (AvgIpc) is 3.08. The summed E-state index contributed by atoms with van der Waals surface area (Å²) in [5, 5.41) is 5.37. The number of carbonyl (C=O) groups is 1. The van der Waals surface area contributed by atoms with Crippen LogP contribution in [0.15, 0.2) is 35.3 Å². The Labute approximate surface area is 187 Å². The lowest BCUT2D eigenvalue weighted by atomic mass is 9.84. The number of aromatic nitrogens is 3. The second-order valence-electron chi connectivity index (χ2n) is 9.11. The number of Topliss-reactive ketones (excluding diaryl/α,β-unsaturated/α-hetero) is 1. The van der Waals surface area contributed by atoms with Crippen LogP contribution in [0.1, 0.15) is 44.1 Å². The summed E-state index contributed by atoms with van der Waals surface area (Å²) in [5.41, 5.74) is 1.32. The third kappa shape index (κ3) is 4.39. The van der Waals surface area contributed by atoms with E-state index in [9.17, 15) is 22.8 Å². The molecular formula is C23H24F3N3O4. The number of ketones is 1. The van der Waals surface area contributed by atoms with Crippen LogP contribution in [0, 0.1) is 5.41 Å². The molecule has 176 valence electrons. The Bertz CT molecular complexity index is 1290. The zero-order valence-corrected chi connectivity index (χ0v) is 18.7. The number of carbonyl (C=O) groups excluding carboxylic acids is 1. The summed E-state index contributed by atoms with van der Waals surface area (Å²) < 4.78 is 49.7. The van der Waals surface area contributed by atoms with E-state index in [1.54, 1.807) is 23.0 Å². The van der Waals surface area contributed by atoms with Crippen molar-refractivity contribution in [3.63, 3.8) is 0 Å². The minimum Gasteiger partial charge on any atom is -0.489 e. The number of hydrogen-bond acceptors (Lipinski definition) is 5. The normalized spacial score (nSPS) is 15.9. The van der Waals surface area contributed by atoms with Gasteiger partial charge in [-0.25, -0.2) is 0 Å². The summed E-state index contributed by atoms with van der Waals surface area (Å²) in [6.45, 7) is 7.10. The Hall–Kier alpha value is -3.14. The quantitative estimate of drug-likeness (QED) is 0.409. The van der Waals surface area contributed by atoms with Crippen LogP contribution in [0.4, 0.5) is 13.2 Å². The summed E-state index contributed by atoms with van der Waals surface area (Å²) in [7, 11) is 0. The number of ether oxygens (including phenoxy) is 2. The van der Waals surface area contributed by atoms with E-state index in [4.69, 9.17) is 4.74 Å². The van der Waals surface area contributed by atoms with Gasteiger partial charge in [0.25, 0.3) is 0 Å². The molecule has 0 radical (unpaired) electrons. The molecule has 0 saturated heterocycles. The predicted octanol–water partition coefficient (Wildman–Crippen LogP) is 4.58. The molecule has 1 unspecified atom stereocenters. The number of benzene rings is 1. The summed E-state index contributed by atoms with van der Waals surface area (Å²) >= 11 is 0. The first-order valence-corrected chi connectivity index (χ1v) is 10.5. The Morgan fingerprint density at radius 2 is 1.94 bits per heavy atom. The van der Waals surface area contributed by atoms with Gasteiger partial charge in [-0.15, -0.1) is 13.2 Å². The molecule has 0 fully saturated rings. The SMILES string of the molecule is CC(=O)c1cn2c(cc1=O)-c1c3cccc(OCCOC(F)(F)F)c3nn1CC2C(C)(C)C. The van der Waals surface area contributed by atoms with Crippen LogP contribution in [-0.4, -0.2) is 39.7 Å². The number of fused-ring (bicyclic) bond motifs is 5. The summed E-state index contributed by atoms with van der Waals surface area (Å²) in [6, 6.07) is 6.51. The summed E-state index contributed by atoms with van der Waals surface area (Å²) in [5.74, 6) is 0.0189. The maximum absolute atomic E-state index is 12.7. The van der Waals surface area contributed by atoms with Crippen molar-refractivity contribution in [3.05, 3.63) is 46.2 Å². The maximum Gasteiger partial charge on any atom is 0.522 e. The highest BCUT2D eigenvalue weighted by atomic mass is 19.4. The molecule has 33 heavy (non-hydrogen) atoms. The molecule has 2 aromatic heterocycles. The van der Waals surface area contributed by atoms with E-state index in [1.807, 2.05) is 10.6 Å². The third-order valence-corrected chi connectivity index (χ3v) is 5.72. The van der Waals surface area contributed by atoms with Gasteiger partial charge in [-0.3, -0.25) is 19.0 Å². The van der Waals surface area contributed by atoms with Gasteiger partial charge in [-0.1, -0.05) is 32.9 Å². The van der Waals surface area contributed by atoms with Crippen molar-refractivity contribution in [2.24, 2.45) is 5.41 Å². The van der Waals surface area contributed by atoms with E-state index in [0.717, 1.165) is 0 Å². The second kappa shape index (κ2) is 8.02. The van der Waals surface area contributed by atoms with Gasteiger partial charge in [-0.2, -0.15) is 5.10 Å². The molecule has 0 N–H and O–H groups in total. The van der Waals surface area contributed by atoms with Crippen molar-refractivity contribution in [1.82, 2.24) is 14.3 Å². The number of nitrogens with zero attached hydrogens (tertiary/aromatic N) is 3. The first kappa shape index (κ1) is 23.0. The fraction of sp³-hybridized carbons (Fsp3) is 0.435. The van der Waals surface area contributed by atoms with Crippen molar-refractivity contribution in [1.29, 1.82) is 0 Å². The molecule has 7 nitrogen and oxygen atoms in total. The highest BCUT2D eigenvalue weighted by Crippen LogP contribution is 2.43. The minimum atomic E-state index is -4.72. The van der Waals surface area contributed by atoms with E-state index >= 15 is 0 Å². The smallest absolute Gasteiger partial charge is 0.489 e.